The number of rotatable bonds is 6. The summed E-state index contributed by atoms with van der Waals surface area (Å²) < 4.78 is 0. The van der Waals surface area contributed by atoms with E-state index >= 15 is 0 Å². The van der Waals surface area contributed by atoms with Gasteiger partial charge in [-0.05, 0) is 32.8 Å². The van der Waals surface area contributed by atoms with Gasteiger partial charge in [0.05, 0.1) is 12.3 Å². The van der Waals surface area contributed by atoms with Crippen LogP contribution in [0.15, 0.2) is 29.4 Å². The maximum atomic E-state index is 12.3. The van der Waals surface area contributed by atoms with Crippen LogP contribution in [0.3, 0.4) is 0 Å². The number of oxime groups is 1. The molecule has 23 heavy (non-hydrogen) atoms. The van der Waals surface area contributed by atoms with Crippen LogP contribution in [0, 0.1) is 6.92 Å². The molecule has 0 unspecified atom stereocenters. The monoisotopic (exact) mass is 317 g/mol. The molecule has 1 aromatic rings. The molecule has 1 N–H and O–H groups in total. The van der Waals surface area contributed by atoms with Gasteiger partial charge >= 0.3 is 6.03 Å². The van der Waals surface area contributed by atoms with Crippen molar-refractivity contribution in [3.8, 4) is 0 Å². The Labute approximate surface area is 138 Å². The number of carbonyl (C=O) groups excluding carboxylic acids is 1. The summed E-state index contributed by atoms with van der Waals surface area (Å²) >= 11 is 0. The SMILES string of the molecule is CCCN(C[C@@H]1CC(c2ccccc2C)=NO1)C(=O)NC(C)C. The van der Waals surface area contributed by atoms with Gasteiger partial charge in [-0.15, -0.1) is 0 Å². The Morgan fingerprint density at radius 3 is 2.83 bits per heavy atom. The van der Waals surface area contributed by atoms with Crippen LogP contribution in [-0.4, -0.2) is 41.9 Å². The van der Waals surface area contributed by atoms with E-state index in [9.17, 15) is 4.79 Å². The fourth-order valence-electron chi connectivity index (χ4n) is 2.71. The molecule has 1 aliphatic rings. The zero-order valence-electron chi connectivity index (χ0n) is 14.5. The highest BCUT2D eigenvalue weighted by Crippen LogP contribution is 2.20. The van der Waals surface area contributed by atoms with Crippen molar-refractivity contribution in [1.82, 2.24) is 10.2 Å². The average molecular weight is 317 g/mol. The highest BCUT2D eigenvalue weighted by molar-refractivity contribution is 6.02. The summed E-state index contributed by atoms with van der Waals surface area (Å²) in [5.74, 6) is 0. The van der Waals surface area contributed by atoms with Crippen molar-refractivity contribution in [2.45, 2.75) is 52.7 Å². The molecule has 0 radical (unpaired) electrons. The van der Waals surface area contributed by atoms with Crippen LogP contribution in [0.4, 0.5) is 4.79 Å². The molecule has 0 aliphatic carbocycles. The number of aryl methyl sites for hydroxylation is 1. The van der Waals surface area contributed by atoms with Crippen LogP contribution in [0.1, 0.15) is 44.7 Å². The summed E-state index contributed by atoms with van der Waals surface area (Å²) in [7, 11) is 0. The minimum absolute atomic E-state index is 0.0326. The second kappa shape index (κ2) is 7.99. The minimum atomic E-state index is -0.0749. The summed E-state index contributed by atoms with van der Waals surface area (Å²) in [6.07, 6.45) is 1.58. The van der Waals surface area contributed by atoms with Crippen molar-refractivity contribution < 1.29 is 9.63 Å². The van der Waals surface area contributed by atoms with Gasteiger partial charge in [-0.1, -0.05) is 36.3 Å². The van der Waals surface area contributed by atoms with Gasteiger partial charge in [-0.25, -0.2) is 4.79 Å². The van der Waals surface area contributed by atoms with Crippen molar-refractivity contribution in [3.63, 3.8) is 0 Å². The second-order valence-corrected chi connectivity index (χ2v) is 6.33. The van der Waals surface area contributed by atoms with Crippen LogP contribution in [-0.2, 0) is 4.84 Å². The highest BCUT2D eigenvalue weighted by atomic mass is 16.6. The Bertz CT molecular complexity index is 569. The molecule has 1 heterocycles. The van der Waals surface area contributed by atoms with Crippen LogP contribution < -0.4 is 5.32 Å². The van der Waals surface area contributed by atoms with E-state index in [1.54, 1.807) is 0 Å². The molecule has 0 saturated carbocycles. The summed E-state index contributed by atoms with van der Waals surface area (Å²) in [4.78, 5) is 19.7. The normalized spacial score (nSPS) is 16.9. The van der Waals surface area contributed by atoms with E-state index in [1.807, 2.05) is 30.9 Å². The van der Waals surface area contributed by atoms with Gasteiger partial charge in [0.25, 0.3) is 0 Å². The molecule has 5 nitrogen and oxygen atoms in total. The van der Waals surface area contributed by atoms with Crippen LogP contribution in [0.2, 0.25) is 0 Å². The van der Waals surface area contributed by atoms with Crippen LogP contribution in [0.25, 0.3) is 0 Å². The maximum Gasteiger partial charge on any atom is 0.317 e. The van der Waals surface area contributed by atoms with Crippen LogP contribution in [0.5, 0.6) is 0 Å². The van der Waals surface area contributed by atoms with E-state index in [-0.39, 0.29) is 18.2 Å². The molecule has 2 rings (SSSR count). The molecule has 0 saturated heterocycles. The zero-order valence-corrected chi connectivity index (χ0v) is 14.5. The first-order valence-corrected chi connectivity index (χ1v) is 8.35. The molecular formula is C18H27N3O2. The molecule has 1 aromatic carbocycles. The predicted molar refractivity (Wildman–Crippen MR) is 92.7 cm³/mol. The number of carbonyl (C=O) groups is 1. The van der Waals surface area contributed by atoms with Gasteiger partial charge in [-0.2, -0.15) is 0 Å². The Kier molecular flexibility index (Phi) is 6.02. The molecule has 126 valence electrons. The second-order valence-electron chi connectivity index (χ2n) is 6.33. The van der Waals surface area contributed by atoms with Gasteiger partial charge in [0.1, 0.15) is 0 Å². The lowest BCUT2D eigenvalue weighted by molar-refractivity contribution is 0.0603. The van der Waals surface area contributed by atoms with Gasteiger partial charge in [0.15, 0.2) is 6.10 Å². The fraction of sp³-hybridized carbons (Fsp3) is 0.556. The first kappa shape index (κ1) is 17.3. The van der Waals surface area contributed by atoms with E-state index in [2.05, 4.69) is 36.5 Å². The first-order valence-electron chi connectivity index (χ1n) is 8.35. The Hall–Kier alpha value is -2.04. The highest BCUT2D eigenvalue weighted by Gasteiger charge is 2.27. The van der Waals surface area contributed by atoms with E-state index < -0.39 is 0 Å². The number of urea groups is 1. The zero-order chi connectivity index (χ0) is 16.8. The van der Waals surface area contributed by atoms with Gasteiger partial charge in [0, 0.05) is 24.6 Å². The lowest BCUT2D eigenvalue weighted by Crippen LogP contribution is -2.46. The van der Waals surface area contributed by atoms with Gasteiger partial charge in [-0.3, -0.25) is 0 Å². The van der Waals surface area contributed by atoms with E-state index in [1.165, 1.54) is 5.56 Å². The lowest BCUT2D eigenvalue weighted by Gasteiger charge is -2.25. The molecule has 0 fully saturated rings. The van der Waals surface area contributed by atoms with Crippen molar-refractivity contribution >= 4 is 11.7 Å². The molecule has 1 atom stereocenters. The lowest BCUT2D eigenvalue weighted by atomic mass is 10.0. The van der Waals surface area contributed by atoms with Crippen molar-refractivity contribution in [2.24, 2.45) is 5.16 Å². The summed E-state index contributed by atoms with van der Waals surface area (Å²) in [6.45, 7) is 9.36. The third kappa shape index (κ3) is 4.71. The molecule has 0 aromatic heterocycles. The first-order chi connectivity index (χ1) is 11.0. The summed E-state index contributed by atoms with van der Waals surface area (Å²) in [5.41, 5.74) is 3.29. The molecule has 0 spiro atoms. The van der Waals surface area contributed by atoms with Gasteiger partial charge in [0.2, 0.25) is 0 Å². The topological polar surface area (TPSA) is 53.9 Å². The average Bonchev–Trinajstić information content (AvgIpc) is 2.95. The Morgan fingerprint density at radius 1 is 1.43 bits per heavy atom. The largest absolute Gasteiger partial charge is 0.390 e. The van der Waals surface area contributed by atoms with E-state index in [0.717, 1.165) is 30.7 Å². The van der Waals surface area contributed by atoms with Crippen molar-refractivity contribution in [3.05, 3.63) is 35.4 Å². The third-order valence-corrected chi connectivity index (χ3v) is 3.81. The molecular weight excluding hydrogens is 290 g/mol. The number of nitrogens with one attached hydrogen (secondary N) is 1. The summed E-state index contributed by atoms with van der Waals surface area (Å²) in [6, 6.07) is 8.27. The quantitative estimate of drug-likeness (QED) is 0.875. The molecule has 0 bridgehead atoms. The van der Waals surface area contributed by atoms with E-state index in [4.69, 9.17) is 4.84 Å². The summed E-state index contributed by atoms with van der Waals surface area (Å²) in [5, 5.41) is 7.19. The van der Waals surface area contributed by atoms with E-state index in [0.29, 0.717) is 6.54 Å². The third-order valence-electron chi connectivity index (χ3n) is 3.81. The number of benzene rings is 1. The number of nitrogens with zero attached hydrogens (tertiary/aromatic N) is 2. The smallest absolute Gasteiger partial charge is 0.317 e. The standard InChI is InChI=1S/C18H27N3O2/c1-5-10-21(18(22)19-13(2)3)12-15-11-17(20-23-15)16-9-7-6-8-14(16)4/h6-9,13,15H,5,10-12H2,1-4H3,(H,19,22)/t15-/m0/s1. The number of hydrogen-bond donors (Lipinski definition) is 1. The van der Waals surface area contributed by atoms with Crippen molar-refractivity contribution in [2.75, 3.05) is 13.1 Å². The Morgan fingerprint density at radius 2 is 2.17 bits per heavy atom. The molecule has 5 heteroatoms. The molecule has 1 aliphatic heterocycles. The predicted octanol–water partition coefficient (Wildman–Crippen LogP) is 3.32. The fourth-order valence-corrected chi connectivity index (χ4v) is 2.71. The number of hydrogen-bond acceptors (Lipinski definition) is 3. The van der Waals surface area contributed by atoms with Crippen LogP contribution >= 0.6 is 0 Å². The minimum Gasteiger partial charge on any atom is -0.390 e. The number of amides is 2. The Balaban J connectivity index is 1.96. The maximum absolute atomic E-state index is 12.3. The van der Waals surface area contributed by atoms with Crippen molar-refractivity contribution in [1.29, 1.82) is 0 Å². The molecule has 2 amide bonds. The van der Waals surface area contributed by atoms with Gasteiger partial charge < -0.3 is 15.1 Å².